The van der Waals surface area contributed by atoms with Gasteiger partial charge in [0.1, 0.15) is 18.4 Å². The third-order valence-corrected chi connectivity index (χ3v) is 6.87. The SMILES string of the molecule is Cc1cn([C@H]2CO[C@@H](COP(=O)(N[C@@H](C)C(=O)OCC(F)(F)F)Oc3ccc(Br)cc3)O2)c(=O)[nH]c1=O. The highest BCUT2D eigenvalue weighted by Crippen LogP contribution is 2.45. The van der Waals surface area contributed by atoms with Gasteiger partial charge in [0.25, 0.3) is 5.56 Å². The van der Waals surface area contributed by atoms with E-state index in [1.165, 1.54) is 25.3 Å². The summed E-state index contributed by atoms with van der Waals surface area (Å²) >= 11 is 3.23. The minimum absolute atomic E-state index is 0.0521. The number of H-pyrrole nitrogens is 1. The number of hydrogen-bond donors (Lipinski definition) is 2. The first-order chi connectivity index (χ1) is 17.2. The van der Waals surface area contributed by atoms with Gasteiger partial charge in [-0.1, -0.05) is 15.9 Å². The topological polar surface area (TPSA) is 147 Å². The molecule has 1 aromatic carbocycles. The van der Waals surface area contributed by atoms with Gasteiger partial charge in [-0.25, -0.2) is 9.36 Å². The lowest BCUT2D eigenvalue weighted by Gasteiger charge is -2.24. The van der Waals surface area contributed by atoms with E-state index in [4.69, 9.17) is 18.5 Å². The molecule has 37 heavy (non-hydrogen) atoms. The van der Waals surface area contributed by atoms with Gasteiger partial charge < -0.3 is 18.7 Å². The Labute approximate surface area is 215 Å². The number of carbonyl (C=O) groups excluding carboxylic acids is 1. The summed E-state index contributed by atoms with van der Waals surface area (Å²) in [7, 11) is -4.42. The first-order valence-electron chi connectivity index (χ1n) is 10.5. The molecule has 0 aliphatic carbocycles. The summed E-state index contributed by atoms with van der Waals surface area (Å²) in [6.07, 6.45) is -5.55. The van der Waals surface area contributed by atoms with Gasteiger partial charge in [0.15, 0.2) is 19.1 Å². The van der Waals surface area contributed by atoms with Crippen molar-refractivity contribution in [1.29, 1.82) is 0 Å². The summed E-state index contributed by atoms with van der Waals surface area (Å²) in [5.74, 6) is -1.29. The van der Waals surface area contributed by atoms with E-state index < -0.39 is 62.9 Å². The monoisotopic (exact) mass is 615 g/mol. The first-order valence-corrected chi connectivity index (χ1v) is 12.9. The van der Waals surface area contributed by atoms with Crippen LogP contribution in [0.25, 0.3) is 0 Å². The maximum atomic E-state index is 13.4. The molecule has 0 bridgehead atoms. The van der Waals surface area contributed by atoms with E-state index in [-0.39, 0.29) is 17.9 Å². The molecule has 1 saturated heterocycles. The van der Waals surface area contributed by atoms with Crippen molar-refractivity contribution in [2.24, 2.45) is 0 Å². The zero-order chi connectivity index (χ0) is 27.4. The molecule has 0 amide bonds. The molecule has 0 spiro atoms. The Kier molecular flexibility index (Phi) is 9.37. The van der Waals surface area contributed by atoms with Crippen LogP contribution < -0.4 is 20.9 Å². The van der Waals surface area contributed by atoms with E-state index in [9.17, 15) is 32.1 Å². The molecule has 2 aromatic rings. The fraction of sp³-hybridized carbons (Fsp3) is 0.450. The number of halogens is 4. The number of aromatic amines is 1. The van der Waals surface area contributed by atoms with E-state index in [1.54, 1.807) is 12.1 Å². The van der Waals surface area contributed by atoms with Crippen LogP contribution in [0.3, 0.4) is 0 Å². The molecule has 1 unspecified atom stereocenters. The highest BCUT2D eigenvalue weighted by atomic mass is 79.9. The van der Waals surface area contributed by atoms with Crippen molar-refractivity contribution in [1.82, 2.24) is 14.6 Å². The summed E-state index contributed by atoms with van der Waals surface area (Å²) in [6, 6.07) is 4.47. The Bertz CT molecular complexity index is 1270. The third-order valence-electron chi connectivity index (χ3n) is 4.69. The summed E-state index contributed by atoms with van der Waals surface area (Å²) < 4.78 is 78.3. The van der Waals surface area contributed by atoms with Crippen LogP contribution in [0.1, 0.15) is 18.7 Å². The van der Waals surface area contributed by atoms with Gasteiger partial charge in [0.05, 0.1) is 6.61 Å². The first kappa shape index (κ1) is 29.1. The molecule has 1 aliphatic heterocycles. The summed E-state index contributed by atoms with van der Waals surface area (Å²) in [4.78, 5) is 37.8. The smallest absolute Gasteiger partial charge is 0.455 e. The van der Waals surface area contributed by atoms with Crippen molar-refractivity contribution in [2.45, 2.75) is 38.6 Å². The molecular formula is C20H22BrF3N3O9P. The molecule has 2 N–H and O–H groups in total. The Morgan fingerprint density at radius 3 is 2.65 bits per heavy atom. The molecule has 1 fully saturated rings. The van der Waals surface area contributed by atoms with Gasteiger partial charge in [0, 0.05) is 16.2 Å². The zero-order valence-electron chi connectivity index (χ0n) is 19.3. The molecule has 1 aliphatic rings. The predicted molar refractivity (Wildman–Crippen MR) is 124 cm³/mol. The number of carbonyl (C=O) groups is 1. The highest BCUT2D eigenvalue weighted by molar-refractivity contribution is 9.10. The molecular weight excluding hydrogens is 594 g/mol. The number of ether oxygens (including phenoxy) is 3. The Balaban J connectivity index is 1.69. The van der Waals surface area contributed by atoms with Gasteiger partial charge in [-0.05, 0) is 38.1 Å². The summed E-state index contributed by atoms with van der Waals surface area (Å²) in [6.45, 7) is 0.131. The average Bonchev–Trinajstić information content (AvgIpc) is 3.28. The minimum atomic E-state index is -4.75. The number of hydrogen-bond acceptors (Lipinski definition) is 9. The van der Waals surface area contributed by atoms with E-state index in [2.05, 4.69) is 30.7 Å². The number of aryl methyl sites for hydroxylation is 1. The second-order valence-corrected chi connectivity index (χ2v) is 10.4. The predicted octanol–water partition coefficient (Wildman–Crippen LogP) is 2.77. The molecule has 3 rings (SSSR count). The van der Waals surface area contributed by atoms with Gasteiger partial charge >= 0.3 is 25.6 Å². The van der Waals surface area contributed by atoms with Crippen LogP contribution in [-0.2, 0) is 28.1 Å². The number of nitrogens with zero attached hydrogens (tertiary/aromatic N) is 1. The van der Waals surface area contributed by atoms with Crippen LogP contribution in [0.4, 0.5) is 13.2 Å². The Hall–Kier alpha value is -2.49. The second-order valence-electron chi connectivity index (χ2n) is 7.74. The van der Waals surface area contributed by atoms with Crippen molar-refractivity contribution in [3.63, 3.8) is 0 Å². The summed E-state index contributed by atoms with van der Waals surface area (Å²) in [5.41, 5.74) is -1.03. The Morgan fingerprint density at radius 1 is 1.32 bits per heavy atom. The normalized spacial score (nSPS) is 20.3. The highest BCUT2D eigenvalue weighted by Gasteiger charge is 2.37. The largest absolute Gasteiger partial charge is 0.459 e. The number of alkyl halides is 3. The van der Waals surface area contributed by atoms with Crippen molar-refractivity contribution in [3.8, 4) is 5.75 Å². The van der Waals surface area contributed by atoms with E-state index in [0.29, 0.717) is 4.47 Å². The van der Waals surface area contributed by atoms with E-state index in [0.717, 1.165) is 11.5 Å². The molecule has 0 radical (unpaired) electrons. The van der Waals surface area contributed by atoms with Crippen molar-refractivity contribution in [3.05, 3.63) is 61.3 Å². The van der Waals surface area contributed by atoms with Gasteiger partial charge in [0.2, 0.25) is 0 Å². The van der Waals surface area contributed by atoms with Crippen LogP contribution in [0.2, 0.25) is 0 Å². The van der Waals surface area contributed by atoms with Crippen molar-refractivity contribution in [2.75, 3.05) is 19.8 Å². The molecule has 0 saturated carbocycles. The average molecular weight is 616 g/mol. The van der Waals surface area contributed by atoms with Gasteiger partial charge in [-0.2, -0.15) is 18.3 Å². The fourth-order valence-corrected chi connectivity index (χ4v) is 4.67. The number of esters is 1. The summed E-state index contributed by atoms with van der Waals surface area (Å²) in [5, 5.41) is 2.23. The van der Waals surface area contributed by atoms with Crippen LogP contribution in [0.5, 0.6) is 5.75 Å². The molecule has 17 heteroatoms. The van der Waals surface area contributed by atoms with Gasteiger partial charge in [-0.3, -0.25) is 23.7 Å². The lowest BCUT2D eigenvalue weighted by atomic mass is 10.3. The number of rotatable bonds is 10. The quantitative estimate of drug-likeness (QED) is 0.302. The third kappa shape index (κ3) is 8.51. The molecule has 1 aromatic heterocycles. The second kappa shape index (κ2) is 11.9. The van der Waals surface area contributed by atoms with Crippen LogP contribution in [-0.4, -0.2) is 53.8 Å². The number of aromatic nitrogens is 2. The molecule has 2 heterocycles. The van der Waals surface area contributed by atoms with Gasteiger partial charge in [-0.15, -0.1) is 0 Å². The van der Waals surface area contributed by atoms with Crippen LogP contribution >= 0.6 is 23.7 Å². The maximum absolute atomic E-state index is 13.4. The van der Waals surface area contributed by atoms with E-state index in [1.807, 2.05) is 0 Å². The maximum Gasteiger partial charge on any atom is 0.459 e. The van der Waals surface area contributed by atoms with E-state index >= 15 is 0 Å². The lowest BCUT2D eigenvalue weighted by molar-refractivity contribution is -0.187. The van der Waals surface area contributed by atoms with Crippen molar-refractivity contribution < 1.29 is 45.8 Å². The minimum Gasteiger partial charge on any atom is -0.455 e. The lowest BCUT2D eigenvalue weighted by Crippen LogP contribution is -2.37. The zero-order valence-corrected chi connectivity index (χ0v) is 21.8. The molecule has 12 nitrogen and oxygen atoms in total. The number of nitrogens with one attached hydrogen (secondary N) is 2. The standard InChI is InChI=1S/C20H22BrF3N3O9P/c1-11-7-27(19(30)25-17(11)28)15-8-32-16(35-15)9-34-37(31,36-14-5-3-13(21)4-6-14)26-12(2)18(29)33-10-20(22,23)24/h3-7,12,15-16H,8-10H2,1-2H3,(H,26,31)(H,25,28,30)/t12-,15+,16+,37?/m0/s1. The van der Waals surface area contributed by atoms with Crippen LogP contribution in [0, 0.1) is 6.92 Å². The molecule has 4 atom stereocenters. The molecule has 204 valence electrons. The number of benzene rings is 1. The van der Waals surface area contributed by atoms with Crippen LogP contribution in [0.15, 0.2) is 44.5 Å². The fourth-order valence-electron chi connectivity index (χ4n) is 2.93. The van der Waals surface area contributed by atoms with Crippen molar-refractivity contribution >= 4 is 29.6 Å². The Morgan fingerprint density at radius 2 is 2.00 bits per heavy atom.